The summed E-state index contributed by atoms with van der Waals surface area (Å²) in [7, 11) is 1.51. The maximum absolute atomic E-state index is 13.7. The van der Waals surface area contributed by atoms with Crippen LogP contribution in [0.15, 0.2) is 72.8 Å². The van der Waals surface area contributed by atoms with Crippen molar-refractivity contribution in [2.75, 3.05) is 12.0 Å². The van der Waals surface area contributed by atoms with E-state index in [4.69, 9.17) is 4.74 Å². The van der Waals surface area contributed by atoms with Gasteiger partial charge in [-0.2, -0.15) is 0 Å². The van der Waals surface area contributed by atoms with Crippen molar-refractivity contribution in [3.05, 3.63) is 95.1 Å². The first-order chi connectivity index (χ1) is 14.6. The van der Waals surface area contributed by atoms with E-state index in [0.717, 1.165) is 22.3 Å². The smallest absolute Gasteiger partial charge is 0.241 e. The minimum atomic E-state index is -1.55. The summed E-state index contributed by atoms with van der Waals surface area (Å²) in [5, 5.41) is 12.1. The summed E-state index contributed by atoms with van der Waals surface area (Å²) >= 11 is 0. The minimum Gasteiger partial charge on any atom is -0.495 e. The fourth-order valence-electron chi connectivity index (χ4n) is 5.78. The number of carbonyl (C=O) groups is 2. The maximum atomic E-state index is 13.7. The van der Waals surface area contributed by atoms with E-state index in [1.807, 2.05) is 48.5 Å². The van der Waals surface area contributed by atoms with E-state index in [1.165, 1.54) is 12.0 Å². The number of hydrogen-bond acceptors (Lipinski definition) is 4. The molecule has 4 aliphatic rings. The zero-order valence-electron chi connectivity index (χ0n) is 16.3. The van der Waals surface area contributed by atoms with Crippen LogP contribution in [0, 0.1) is 11.8 Å². The number of anilines is 1. The highest BCUT2D eigenvalue weighted by atomic mass is 16.5. The van der Waals surface area contributed by atoms with Gasteiger partial charge in [0.15, 0.2) is 0 Å². The average molecular weight is 397 g/mol. The predicted octanol–water partition coefficient (Wildman–Crippen LogP) is 3.20. The Labute approximate surface area is 173 Å². The first kappa shape index (κ1) is 17.4. The number of hydrogen-bond donors (Lipinski definition) is 1. The van der Waals surface area contributed by atoms with Crippen LogP contribution >= 0.6 is 0 Å². The zero-order chi connectivity index (χ0) is 20.6. The van der Waals surface area contributed by atoms with Gasteiger partial charge >= 0.3 is 0 Å². The Bertz CT molecular complexity index is 1190. The van der Waals surface area contributed by atoms with Gasteiger partial charge in [0.1, 0.15) is 11.4 Å². The molecule has 2 atom stereocenters. The third kappa shape index (κ3) is 1.86. The first-order valence-corrected chi connectivity index (χ1v) is 10.0. The fourth-order valence-corrected chi connectivity index (χ4v) is 5.78. The van der Waals surface area contributed by atoms with Crippen molar-refractivity contribution in [2.24, 2.45) is 11.8 Å². The Hall–Kier alpha value is -3.44. The van der Waals surface area contributed by atoms with Crippen molar-refractivity contribution in [3.63, 3.8) is 0 Å². The maximum Gasteiger partial charge on any atom is 0.241 e. The minimum absolute atomic E-state index is 0.271. The molecule has 7 rings (SSSR count). The predicted molar refractivity (Wildman–Crippen MR) is 110 cm³/mol. The van der Waals surface area contributed by atoms with Gasteiger partial charge in [-0.15, -0.1) is 0 Å². The van der Waals surface area contributed by atoms with Crippen LogP contribution in [0.3, 0.4) is 0 Å². The van der Waals surface area contributed by atoms with E-state index in [0.29, 0.717) is 11.4 Å². The molecule has 2 bridgehead atoms. The molecule has 2 unspecified atom stereocenters. The molecule has 1 heterocycles. The van der Waals surface area contributed by atoms with Crippen LogP contribution in [0.25, 0.3) is 0 Å². The van der Waals surface area contributed by atoms with E-state index in [1.54, 1.807) is 24.3 Å². The third-order valence-electron chi connectivity index (χ3n) is 6.90. The standard InChI is InChI=1S/C25H19NO4/c1-30-19-13-7-6-12-18(19)26-23(27)21-20-14-8-2-4-10-16(14)25(29,22(21)24(26)28)17-11-5-3-9-15(17)20/h2-13,20-22,29H,1H3. The van der Waals surface area contributed by atoms with Gasteiger partial charge in [0.25, 0.3) is 0 Å². The first-order valence-electron chi connectivity index (χ1n) is 10.0. The number of nitrogens with zero attached hydrogens (tertiary/aromatic N) is 1. The van der Waals surface area contributed by atoms with Crippen molar-refractivity contribution >= 4 is 17.5 Å². The van der Waals surface area contributed by atoms with Gasteiger partial charge in [0, 0.05) is 5.92 Å². The summed E-state index contributed by atoms with van der Waals surface area (Å²) < 4.78 is 5.42. The van der Waals surface area contributed by atoms with Crippen LogP contribution in [0.5, 0.6) is 5.75 Å². The number of carbonyl (C=O) groups excluding carboxylic acids is 2. The molecule has 3 aliphatic carbocycles. The van der Waals surface area contributed by atoms with Crippen LogP contribution in [0.2, 0.25) is 0 Å². The Morgan fingerprint density at radius 1 is 0.833 bits per heavy atom. The normalized spacial score (nSPS) is 28.2. The summed E-state index contributed by atoms with van der Waals surface area (Å²) in [5.74, 6) is -2.02. The summed E-state index contributed by atoms with van der Waals surface area (Å²) in [4.78, 5) is 28.6. The van der Waals surface area contributed by atoms with Gasteiger partial charge in [0.05, 0.1) is 24.6 Å². The summed E-state index contributed by atoms with van der Waals surface area (Å²) in [5.41, 5.74) is 2.15. The summed E-state index contributed by atoms with van der Waals surface area (Å²) in [6, 6.07) is 22.2. The van der Waals surface area contributed by atoms with Crippen molar-refractivity contribution in [1.29, 1.82) is 0 Å². The number of methoxy groups -OCH3 is 1. The number of amides is 2. The lowest BCUT2D eigenvalue weighted by Crippen LogP contribution is -2.53. The molecule has 1 saturated heterocycles. The molecule has 0 saturated carbocycles. The Morgan fingerprint density at radius 2 is 1.40 bits per heavy atom. The quantitative estimate of drug-likeness (QED) is 0.675. The van der Waals surface area contributed by atoms with Gasteiger partial charge in [0.2, 0.25) is 11.8 Å². The monoisotopic (exact) mass is 397 g/mol. The van der Waals surface area contributed by atoms with Gasteiger partial charge in [-0.3, -0.25) is 9.59 Å². The molecule has 3 aromatic rings. The molecule has 1 aliphatic heterocycles. The highest BCUT2D eigenvalue weighted by molar-refractivity contribution is 6.24. The number of imide groups is 1. The van der Waals surface area contributed by atoms with Crippen LogP contribution < -0.4 is 9.64 Å². The molecule has 30 heavy (non-hydrogen) atoms. The highest BCUT2D eigenvalue weighted by Crippen LogP contribution is 2.63. The Morgan fingerprint density at radius 3 is 2.03 bits per heavy atom. The van der Waals surface area contributed by atoms with Crippen molar-refractivity contribution in [1.82, 2.24) is 0 Å². The number of rotatable bonds is 2. The molecule has 148 valence electrons. The second-order valence-electron chi connectivity index (χ2n) is 8.11. The lowest BCUT2D eigenvalue weighted by atomic mass is 9.52. The number of benzene rings is 3. The molecule has 0 spiro atoms. The fraction of sp³-hybridized carbons (Fsp3) is 0.200. The molecule has 2 amide bonds. The molecule has 1 N–H and O–H groups in total. The SMILES string of the molecule is COc1ccccc1N1C(=O)C2C3c4ccccc4C(O)(c4ccccc43)C2C1=O. The largest absolute Gasteiger partial charge is 0.495 e. The van der Waals surface area contributed by atoms with Crippen LogP contribution in [0.1, 0.15) is 28.2 Å². The zero-order valence-corrected chi connectivity index (χ0v) is 16.3. The van der Waals surface area contributed by atoms with E-state index in [2.05, 4.69) is 0 Å². The topological polar surface area (TPSA) is 66.8 Å². The van der Waals surface area contributed by atoms with Gasteiger partial charge < -0.3 is 9.84 Å². The number of aliphatic hydroxyl groups is 1. The van der Waals surface area contributed by atoms with Crippen molar-refractivity contribution in [3.8, 4) is 5.75 Å². The van der Waals surface area contributed by atoms with Crippen LogP contribution in [0.4, 0.5) is 5.69 Å². The Balaban J connectivity index is 1.62. The van der Waals surface area contributed by atoms with Crippen LogP contribution in [-0.2, 0) is 15.2 Å². The Kier molecular flexibility index (Phi) is 3.37. The molecule has 5 nitrogen and oxygen atoms in total. The van der Waals surface area contributed by atoms with Crippen molar-refractivity contribution < 1.29 is 19.4 Å². The van der Waals surface area contributed by atoms with Gasteiger partial charge in [-0.25, -0.2) is 4.90 Å². The third-order valence-corrected chi connectivity index (χ3v) is 6.90. The van der Waals surface area contributed by atoms with E-state index >= 15 is 0 Å². The second-order valence-corrected chi connectivity index (χ2v) is 8.11. The average Bonchev–Trinajstić information content (AvgIpc) is 3.05. The lowest BCUT2D eigenvalue weighted by molar-refractivity contribution is -0.133. The molecule has 0 radical (unpaired) electrons. The molecule has 1 fully saturated rings. The molecule has 3 aromatic carbocycles. The van der Waals surface area contributed by atoms with Crippen molar-refractivity contribution in [2.45, 2.75) is 11.5 Å². The summed E-state index contributed by atoms with van der Waals surface area (Å²) in [6.45, 7) is 0. The summed E-state index contributed by atoms with van der Waals surface area (Å²) in [6.07, 6.45) is 0. The molecule has 0 aromatic heterocycles. The van der Waals surface area contributed by atoms with Gasteiger partial charge in [-0.1, -0.05) is 60.7 Å². The second kappa shape index (κ2) is 5.80. The molecule has 5 heteroatoms. The molecular weight excluding hydrogens is 378 g/mol. The lowest BCUT2D eigenvalue weighted by Gasteiger charge is -2.51. The van der Waals surface area contributed by atoms with Gasteiger partial charge in [-0.05, 0) is 34.4 Å². The molecular formula is C25H19NO4. The number of ether oxygens (including phenoxy) is 1. The number of para-hydroxylation sites is 2. The van der Waals surface area contributed by atoms with E-state index < -0.39 is 17.4 Å². The van der Waals surface area contributed by atoms with Crippen LogP contribution in [-0.4, -0.2) is 24.0 Å². The van der Waals surface area contributed by atoms with E-state index in [-0.39, 0.29) is 17.7 Å². The highest BCUT2D eigenvalue weighted by Gasteiger charge is 2.68. The van der Waals surface area contributed by atoms with E-state index in [9.17, 15) is 14.7 Å².